The second-order valence-corrected chi connectivity index (χ2v) is 8.23. The van der Waals surface area contributed by atoms with Gasteiger partial charge in [0.2, 0.25) is 0 Å². The third kappa shape index (κ3) is 6.72. The maximum atomic E-state index is 10.8. The van der Waals surface area contributed by atoms with Gasteiger partial charge in [0.1, 0.15) is 19.7 Å². The fourth-order valence-corrected chi connectivity index (χ4v) is 3.79. The number of rotatable bonds is 10. The number of benzene rings is 3. The molecule has 3 aromatic rings. The van der Waals surface area contributed by atoms with Crippen LogP contribution in [0.4, 0.5) is 0 Å². The van der Waals surface area contributed by atoms with Crippen LogP contribution in [0, 0.1) is 0 Å². The summed E-state index contributed by atoms with van der Waals surface area (Å²) in [7, 11) is 0. The highest BCUT2D eigenvalue weighted by Crippen LogP contribution is 2.37. The van der Waals surface area contributed by atoms with Gasteiger partial charge in [0.15, 0.2) is 11.5 Å². The van der Waals surface area contributed by atoms with Crippen LogP contribution >= 0.6 is 27.5 Å². The molecule has 162 valence electrons. The van der Waals surface area contributed by atoms with Gasteiger partial charge in [0.25, 0.3) is 0 Å². The Morgan fingerprint density at radius 2 is 1.61 bits per heavy atom. The van der Waals surface area contributed by atoms with Gasteiger partial charge in [-0.1, -0.05) is 48.0 Å². The van der Waals surface area contributed by atoms with Gasteiger partial charge in [-0.05, 0) is 58.2 Å². The zero-order valence-electron chi connectivity index (χ0n) is 17.1. The summed E-state index contributed by atoms with van der Waals surface area (Å²) in [5.41, 5.74) is 3.32. The Labute approximate surface area is 195 Å². The number of ether oxygens (including phenoxy) is 2. The molecule has 0 amide bonds. The normalized spacial score (nSPS) is 10.7. The van der Waals surface area contributed by atoms with Crippen molar-refractivity contribution < 1.29 is 24.7 Å². The molecule has 0 spiro atoms. The summed E-state index contributed by atoms with van der Waals surface area (Å²) in [6.07, 6.45) is 0. The molecule has 0 heterocycles. The van der Waals surface area contributed by atoms with Crippen LogP contribution in [0.25, 0.3) is 0 Å². The minimum Gasteiger partial charge on any atom is -0.545 e. The quantitative estimate of drug-likeness (QED) is 0.457. The molecule has 2 N–H and O–H groups in total. The zero-order valence-corrected chi connectivity index (χ0v) is 19.4. The molecule has 31 heavy (non-hydrogen) atoms. The van der Waals surface area contributed by atoms with Crippen molar-refractivity contribution in [3.8, 4) is 11.5 Å². The second kappa shape index (κ2) is 11.2. The fraction of sp³-hybridized carbons (Fsp3) is 0.208. The van der Waals surface area contributed by atoms with Gasteiger partial charge in [-0.3, -0.25) is 0 Å². The number of carbonyl (C=O) groups excluding carboxylic acids is 1. The molecule has 0 unspecified atom stereocenters. The summed E-state index contributed by atoms with van der Waals surface area (Å²) < 4.78 is 12.7. The van der Waals surface area contributed by atoms with E-state index in [0.717, 1.165) is 34.3 Å². The highest BCUT2D eigenvalue weighted by atomic mass is 79.9. The van der Waals surface area contributed by atoms with E-state index in [1.165, 1.54) is 0 Å². The molecule has 0 aliphatic heterocycles. The van der Waals surface area contributed by atoms with E-state index in [4.69, 9.17) is 21.1 Å². The minimum atomic E-state index is -1.16. The van der Waals surface area contributed by atoms with Crippen molar-refractivity contribution in [1.82, 2.24) is 0 Å². The fourth-order valence-electron chi connectivity index (χ4n) is 3.06. The van der Waals surface area contributed by atoms with Gasteiger partial charge < -0.3 is 24.7 Å². The van der Waals surface area contributed by atoms with Crippen LogP contribution in [0.3, 0.4) is 0 Å². The van der Waals surface area contributed by atoms with E-state index in [2.05, 4.69) is 21.2 Å². The van der Waals surface area contributed by atoms with Gasteiger partial charge in [-0.25, -0.2) is 0 Å². The van der Waals surface area contributed by atoms with Gasteiger partial charge in [-0.15, -0.1) is 0 Å². The summed E-state index contributed by atoms with van der Waals surface area (Å²) in [5, 5.41) is 13.7. The van der Waals surface area contributed by atoms with E-state index in [1.807, 2.05) is 43.3 Å². The van der Waals surface area contributed by atoms with Crippen LogP contribution in [0.5, 0.6) is 11.5 Å². The largest absolute Gasteiger partial charge is 0.545 e. The third-order valence-corrected chi connectivity index (χ3v) is 5.46. The number of hydrogen-bond acceptors (Lipinski definition) is 4. The molecular formula is C24H23BrClNO4. The van der Waals surface area contributed by atoms with E-state index < -0.39 is 5.97 Å². The predicted octanol–water partition coefficient (Wildman–Crippen LogP) is 3.71. The van der Waals surface area contributed by atoms with E-state index in [-0.39, 0.29) is 5.56 Å². The Kier molecular flexibility index (Phi) is 8.35. The van der Waals surface area contributed by atoms with Gasteiger partial charge in [0, 0.05) is 16.1 Å². The Morgan fingerprint density at radius 3 is 2.26 bits per heavy atom. The standard InChI is InChI=1S/C24H23BrClNO4/c1-2-30-22-12-18(14-27-13-16-3-7-19(8-4-16)24(28)29)11-21(25)23(22)31-15-17-5-9-20(26)10-6-17/h3-12,27H,2,13-15H2,1H3,(H,28,29). The number of halogens is 2. The summed E-state index contributed by atoms with van der Waals surface area (Å²) in [5.74, 6) is 0.188. The summed E-state index contributed by atoms with van der Waals surface area (Å²) in [6, 6.07) is 18.3. The Morgan fingerprint density at radius 1 is 0.968 bits per heavy atom. The molecule has 0 aliphatic rings. The van der Waals surface area contributed by atoms with Gasteiger partial charge in [-0.2, -0.15) is 0 Å². The molecule has 0 aliphatic carbocycles. The summed E-state index contributed by atoms with van der Waals surface area (Å²) >= 11 is 9.55. The average molecular weight is 505 g/mol. The van der Waals surface area contributed by atoms with E-state index in [1.54, 1.807) is 24.3 Å². The van der Waals surface area contributed by atoms with Crippen LogP contribution in [-0.2, 0) is 19.7 Å². The number of carboxylic acid groups (broad SMARTS) is 1. The van der Waals surface area contributed by atoms with Crippen molar-refractivity contribution in [2.24, 2.45) is 0 Å². The molecule has 0 radical (unpaired) electrons. The zero-order chi connectivity index (χ0) is 22.2. The van der Waals surface area contributed by atoms with Gasteiger partial charge >= 0.3 is 0 Å². The monoisotopic (exact) mass is 503 g/mol. The van der Waals surface area contributed by atoms with Crippen LogP contribution in [0.2, 0.25) is 5.02 Å². The lowest BCUT2D eigenvalue weighted by molar-refractivity contribution is -0.686. The highest BCUT2D eigenvalue weighted by molar-refractivity contribution is 9.10. The lowest BCUT2D eigenvalue weighted by Crippen LogP contribution is -2.80. The van der Waals surface area contributed by atoms with Crippen LogP contribution in [0.1, 0.15) is 34.0 Å². The molecule has 0 saturated heterocycles. The molecule has 7 heteroatoms. The van der Waals surface area contributed by atoms with E-state index in [9.17, 15) is 9.90 Å². The molecule has 0 saturated carbocycles. The lowest BCUT2D eigenvalue weighted by atomic mass is 10.1. The smallest absolute Gasteiger partial charge is 0.175 e. The van der Waals surface area contributed by atoms with Crippen molar-refractivity contribution >= 4 is 33.5 Å². The Balaban J connectivity index is 1.64. The molecule has 5 nitrogen and oxygen atoms in total. The van der Waals surface area contributed by atoms with Crippen molar-refractivity contribution in [2.75, 3.05) is 6.61 Å². The number of aromatic carboxylic acids is 1. The Bertz CT molecular complexity index is 1020. The first-order valence-corrected chi connectivity index (χ1v) is 11.1. The summed E-state index contributed by atoms with van der Waals surface area (Å²) in [6.45, 7) is 4.33. The molecule has 0 fully saturated rings. The number of carbonyl (C=O) groups is 1. The first-order valence-electron chi connectivity index (χ1n) is 9.90. The minimum absolute atomic E-state index is 0.184. The van der Waals surface area contributed by atoms with Crippen LogP contribution in [-0.4, -0.2) is 12.6 Å². The molecule has 0 aromatic heterocycles. The van der Waals surface area contributed by atoms with Crippen LogP contribution in [0.15, 0.2) is 65.1 Å². The molecule has 0 bridgehead atoms. The first kappa shape index (κ1) is 23.1. The topological polar surface area (TPSA) is 75.2 Å². The van der Waals surface area contributed by atoms with E-state index in [0.29, 0.717) is 29.7 Å². The number of quaternary nitrogens is 1. The SMILES string of the molecule is CCOc1cc(C[NH2+]Cc2ccc(C(=O)[O-])cc2)cc(Br)c1OCc1ccc(Cl)cc1. The van der Waals surface area contributed by atoms with Crippen molar-refractivity contribution in [2.45, 2.75) is 26.6 Å². The van der Waals surface area contributed by atoms with Gasteiger partial charge in [0.05, 0.1) is 17.0 Å². The first-order chi connectivity index (χ1) is 15.0. The maximum Gasteiger partial charge on any atom is 0.175 e. The Hall–Kier alpha value is -2.54. The van der Waals surface area contributed by atoms with Crippen molar-refractivity contribution in [3.63, 3.8) is 0 Å². The maximum absolute atomic E-state index is 10.8. The molecule has 0 atom stereocenters. The molecule has 3 aromatic carbocycles. The molecular weight excluding hydrogens is 482 g/mol. The number of hydrogen-bond donors (Lipinski definition) is 1. The van der Waals surface area contributed by atoms with Crippen molar-refractivity contribution in [3.05, 3.63) is 92.4 Å². The summed E-state index contributed by atoms with van der Waals surface area (Å²) in [4.78, 5) is 10.8. The average Bonchev–Trinajstić information content (AvgIpc) is 2.75. The second-order valence-electron chi connectivity index (χ2n) is 6.93. The van der Waals surface area contributed by atoms with E-state index >= 15 is 0 Å². The number of nitrogens with two attached hydrogens (primary N) is 1. The van der Waals surface area contributed by atoms with Crippen LogP contribution < -0.4 is 19.9 Å². The third-order valence-electron chi connectivity index (χ3n) is 4.62. The predicted molar refractivity (Wildman–Crippen MR) is 121 cm³/mol. The lowest BCUT2D eigenvalue weighted by Gasteiger charge is -2.15. The number of carboxylic acids is 1. The molecule has 3 rings (SSSR count). The highest BCUT2D eigenvalue weighted by Gasteiger charge is 2.13. The van der Waals surface area contributed by atoms with Crippen molar-refractivity contribution in [1.29, 1.82) is 0 Å².